The van der Waals surface area contributed by atoms with Gasteiger partial charge >= 0.3 is 5.97 Å². The van der Waals surface area contributed by atoms with Crippen molar-refractivity contribution < 1.29 is 9.53 Å². The maximum absolute atomic E-state index is 11.0. The maximum atomic E-state index is 11.0. The number of hydrogen-bond donors (Lipinski definition) is 0. The van der Waals surface area contributed by atoms with Gasteiger partial charge in [0.1, 0.15) is 0 Å². The molecular formula is C23H46O2. The lowest BCUT2D eigenvalue weighted by atomic mass is 10.0. The highest BCUT2D eigenvalue weighted by Gasteiger charge is 1.98. The number of unbranched alkanes of at least 4 members (excludes halogenated alkanes) is 17. The first-order chi connectivity index (χ1) is 12.3. The molecule has 0 rings (SSSR count). The number of carbonyl (C=O) groups excluding carboxylic acids is 1. The second-order valence-electron chi connectivity index (χ2n) is 7.58. The topological polar surface area (TPSA) is 26.3 Å². The van der Waals surface area contributed by atoms with E-state index in [0.717, 1.165) is 6.42 Å². The molecule has 150 valence electrons. The van der Waals surface area contributed by atoms with Crippen LogP contribution in [0.1, 0.15) is 136 Å². The van der Waals surface area contributed by atoms with Crippen LogP contribution in [0.3, 0.4) is 0 Å². The quantitative estimate of drug-likeness (QED) is 0.164. The van der Waals surface area contributed by atoms with Gasteiger partial charge in [0.15, 0.2) is 0 Å². The molecule has 25 heavy (non-hydrogen) atoms. The van der Waals surface area contributed by atoms with E-state index in [0.29, 0.717) is 13.0 Å². The van der Waals surface area contributed by atoms with Gasteiger partial charge in [0.05, 0.1) is 6.61 Å². The average molecular weight is 355 g/mol. The lowest BCUT2D eigenvalue weighted by Gasteiger charge is -2.04. The van der Waals surface area contributed by atoms with Crippen LogP contribution in [0, 0.1) is 0 Å². The third-order valence-corrected chi connectivity index (χ3v) is 5.05. The molecule has 0 aliphatic heterocycles. The van der Waals surface area contributed by atoms with Gasteiger partial charge < -0.3 is 4.74 Å². The molecule has 0 bridgehead atoms. The lowest BCUT2D eigenvalue weighted by molar-refractivity contribution is -0.143. The second kappa shape index (κ2) is 21.5. The minimum Gasteiger partial charge on any atom is -0.466 e. The van der Waals surface area contributed by atoms with Gasteiger partial charge in [-0.25, -0.2) is 0 Å². The van der Waals surface area contributed by atoms with E-state index in [4.69, 9.17) is 4.74 Å². The molecule has 0 saturated heterocycles. The van der Waals surface area contributed by atoms with Gasteiger partial charge in [-0.2, -0.15) is 0 Å². The Kier molecular flexibility index (Phi) is 21.1. The van der Waals surface area contributed by atoms with Crippen molar-refractivity contribution >= 4 is 5.97 Å². The van der Waals surface area contributed by atoms with E-state index in [1.807, 2.05) is 6.92 Å². The molecule has 2 heteroatoms. The molecule has 0 spiro atoms. The molecule has 0 saturated carbocycles. The lowest BCUT2D eigenvalue weighted by Crippen LogP contribution is -2.03. The number of rotatable bonds is 20. The Labute approximate surface area is 158 Å². The molecule has 0 amide bonds. The van der Waals surface area contributed by atoms with Crippen molar-refractivity contribution in [1.29, 1.82) is 0 Å². The van der Waals surface area contributed by atoms with E-state index in [1.54, 1.807) is 0 Å². The summed E-state index contributed by atoms with van der Waals surface area (Å²) in [7, 11) is 0. The minimum absolute atomic E-state index is 0.0630. The summed E-state index contributed by atoms with van der Waals surface area (Å²) in [5.74, 6) is -0.0630. The molecule has 0 heterocycles. The summed E-state index contributed by atoms with van der Waals surface area (Å²) in [6, 6.07) is 0. The van der Waals surface area contributed by atoms with E-state index in [-0.39, 0.29) is 5.97 Å². The fraction of sp³-hybridized carbons (Fsp3) is 0.957. The summed E-state index contributed by atoms with van der Waals surface area (Å²) < 4.78 is 5.08. The van der Waals surface area contributed by atoms with Crippen LogP contribution in [0.25, 0.3) is 0 Å². The highest BCUT2D eigenvalue weighted by molar-refractivity contribution is 5.68. The summed E-state index contributed by atoms with van der Waals surface area (Å²) >= 11 is 0. The van der Waals surface area contributed by atoms with Crippen molar-refractivity contribution in [3.63, 3.8) is 0 Å². The van der Waals surface area contributed by atoms with Gasteiger partial charge in [0.25, 0.3) is 0 Å². The largest absolute Gasteiger partial charge is 0.466 e. The van der Waals surface area contributed by atoms with Gasteiger partial charge in [-0.15, -0.1) is 0 Å². The molecule has 0 N–H and O–H groups in total. The highest BCUT2D eigenvalue weighted by atomic mass is 16.5. The van der Waals surface area contributed by atoms with Crippen LogP contribution in [0.2, 0.25) is 0 Å². The van der Waals surface area contributed by atoms with Crippen LogP contribution in [0.5, 0.6) is 0 Å². The Morgan fingerprint density at radius 2 is 0.840 bits per heavy atom. The second-order valence-corrected chi connectivity index (χ2v) is 7.58. The summed E-state index contributed by atoms with van der Waals surface area (Å²) in [5.41, 5.74) is 0. The molecule has 0 radical (unpaired) electrons. The molecule has 0 aromatic heterocycles. The Bertz CT molecular complexity index is 263. The standard InChI is InChI=1S/C23H46O2/c1-3-5-6-7-8-9-10-11-12-13-14-15-16-17-18-19-20-21-22-25-23(24)4-2/h3-22H2,1-2H3. The summed E-state index contributed by atoms with van der Waals surface area (Å²) in [4.78, 5) is 11.0. The van der Waals surface area contributed by atoms with Gasteiger partial charge in [0.2, 0.25) is 0 Å². The zero-order chi connectivity index (χ0) is 18.4. The first-order valence-corrected chi connectivity index (χ1v) is 11.5. The molecule has 0 unspecified atom stereocenters. The Balaban J connectivity index is 2.99. The van der Waals surface area contributed by atoms with E-state index < -0.39 is 0 Å². The molecular weight excluding hydrogens is 308 g/mol. The molecule has 0 aliphatic carbocycles. The molecule has 0 aromatic rings. The molecule has 0 aromatic carbocycles. The van der Waals surface area contributed by atoms with Crippen molar-refractivity contribution in [3.05, 3.63) is 0 Å². The third-order valence-electron chi connectivity index (χ3n) is 5.05. The van der Waals surface area contributed by atoms with Crippen molar-refractivity contribution in [2.24, 2.45) is 0 Å². The fourth-order valence-corrected chi connectivity index (χ4v) is 3.29. The fourth-order valence-electron chi connectivity index (χ4n) is 3.29. The molecule has 2 nitrogen and oxygen atoms in total. The normalized spacial score (nSPS) is 11.0. The first-order valence-electron chi connectivity index (χ1n) is 11.5. The summed E-state index contributed by atoms with van der Waals surface area (Å²) in [6.45, 7) is 4.75. The predicted molar refractivity (Wildman–Crippen MR) is 110 cm³/mol. The van der Waals surface area contributed by atoms with Crippen molar-refractivity contribution in [2.75, 3.05) is 6.61 Å². The maximum Gasteiger partial charge on any atom is 0.305 e. The average Bonchev–Trinajstić information content (AvgIpc) is 2.63. The number of ether oxygens (including phenoxy) is 1. The molecule has 0 aliphatic rings. The van der Waals surface area contributed by atoms with Gasteiger partial charge in [0, 0.05) is 6.42 Å². The van der Waals surface area contributed by atoms with E-state index >= 15 is 0 Å². The van der Waals surface area contributed by atoms with Crippen LogP contribution in [0.4, 0.5) is 0 Å². The first kappa shape index (κ1) is 24.5. The number of carbonyl (C=O) groups is 1. The highest BCUT2D eigenvalue weighted by Crippen LogP contribution is 2.14. The summed E-state index contributed by atoms with van der Waals surface area (Å²) in [5, 5.41) is 0. The van der Waals surface area contributed by atoms with Crippen LogP contribution in [-0.2, 0) is 9.53 Å². The van der Waals surface area contributed by atoms with E-state index in [1.165, 1.54) is 109 Å². The summed E-state index contributed by atoms with van der Waals surface area (Å²) in [6.07, 6.45) is 25.4. The van der Waals surface area contributed by atoms with Crippen molar-refractivity contribution in [3.8, 4) is 0 Å². The van der Waals surface area contributed by atoms with Gasteiger partial charge in [-0.3, -0.25) is 4.79 Å². The zero-order valence-electron chi connectivity index (χ0n) is 17.5. The Morgan fingerprint density at radius 3 is 1.16 bits per heavy atom. The monoisotopic (exact) mass is 354 g/mol. The van der Waals surface area contributed by atoms with Crippen LogP contribution >= 0.6 is 0 Å². The van der Waals surface area contributed by atoms with Crippen LogP contribution < -0.4 is 0 Å². The van der Waals surface area contributed by atoms with Crippen molar-refractivity contribution in [1.82, 2.24) is 0 Å². The molecule has 0 atom stereocenters. The zero-order valence-corrected chi connectivity index (χ0v) is 17.5. The third kappa shape index (κ3) is 21.4. The van der Waals surface area contributed by atoms with E-state index in [2.05, 4.69) is 6.92 Å². The van der Waals surface area contributed by atoms with Crippen LogP contribution in [-0.4, -0.2) is 12.6 Å². The Morgan fingerprint density at radius 1 is 0.520 bits per heavy atom. The SMILES string of the molecule is CCCCCCCCCCCCCCCCCCCCOC(=O)CC. The minimum atomic E-state index is -0.0630. The Hall–Kier alpha value is -0.530. The predicted octanol–water partition coefficient (Wildman–Crippen LogP) is 7.98. The van der Waals surface area contributed by atoms with E-state index in [9.17, 15) is 4.79 Å². The van der Waals surface area contributed by atoms with Gasteiger partial charge in [-0.05, 0) is 6.42 Å². The molecule has 0 fully saturated rings. The smallest absolute Gasteiger partial charge is 0.305 e. The number of hydrogen-bond acceptors (Lipinski definition) is 2. The number of esters is 1. The van der Waals surface area contributed by atoms with Gasteiger partial charge in [-0.1, -0.05) is 123 Å². The van der Waals surface area contributed by atoms with Crippen LogP contribution in [0.15, 0.2) is 0 Å². The van der Waals surface area contributed by atoms with Crippen molar-refractivity contribution in [2.45, 2.75) is 136 Å².